The van der Waals surface area contributed by atoms with Gasteiger partial charge < -0.3 is 0 Å². The summed E-state index contributed by atoms with van der Waals surface area (Å²) < 4.78 is 25.9. The molecule has 0 heterocycles. The topological polar surface area (TPSA) is 37.4 Å². The molecule has 0 N–H and O–H groups in total. The predicted octanol–water partition coefficient (Wildman–Crippen LogP) is 3.24. The Kier molecular flexibility index (Phi) is 6.12. The van der Waals surface area contributed by atoms with Gasteiger partial charge in [0, 0.05) is 19.5 Å². The Hall–Kier alpha value is -0.580. The minimum Gasteiger partial charge on any atom is -0.207 e. The monoisotopic (exact) mass is 289 g/mol. The summed E-state index contributed by atoms with van der Waals surface area (Å²) in [7, 11) is -1.73. The summed E-state index contributed by atoms with van der Waals surface area (Å²) in [6.45, 7) is 2.66. The van der Waals surface area contributed by atoms with Crippen LogP contribution in [0.4, 0.5) is 0 Å². The summed E-state index contributed by atoms with van der Waals surface area (Å²) in [4.78, 5) is 0.329. The number of rotatable bonds is 7. The van der Waals surface area contributed by atoms with Crippen molar-refractivity contribution >= 4 is 21.6 Å². The minimum atomic E-state index is -3.35. The summed E-state index contributed by atoms with van der Waals surface area (Å²) in [6, 6.07) is 6.73. The lowest BCUT2D eigenvalue weighted by Crippen LogP contribution is -2.27. The van der Waals surface area contributed by atoms with Crippen molar-refractivity contribution in [1.29, 1.82) is 0 Å². The molecule has 3 nitrogen and oxygen atoms in total. The summed E-state index contributed by atoms with van der Waals surface area (Å²) >= 11 is 5.68. The maximum absolute atomic E-state index is 12.2. The third kappa shape index (κ3) is 3.97. The van der Waals surface area contributed by atoms with Gasteiger partial charge >= 0.3 is 0 Å². The molecule has 18 heavy (non-hydrogen) atoms. The Balaban J connectivity index is 2.77. The van der Waals surface area contributed by atoms with Gasteiger partial charge in [-0.15, -0.1) is 11.6 Å². The number of nitrogens with zero attached hydrogens (tertiary/aromatic N) is 1. The van der Waals surface area contributed by atoms with E-state index < -0.39 is 10.0 Å². The largest absolute Gasteiger partial charge is 0.242 e. The number of unbranched alkanes of at least 4 members (excludes halogenated alkanes) is 2. The van der Waals surface area contributed by atoms with Crippen LogP contribution in [0.15, 0.2) is 29.2 Å². The second-order valence-electron chi connectivity index (χ2n) is 4.31. The summed E-state index contributed by atoms with van der Waals surface area (Å²) in [5.74, 6) is 0.396. The van der Waals surface area contributed by atoms with Crippen molar-refractivity contribution in [2.45, 2.75) is 37.0 Å². The fourth-order valence-electron chi connectivity index (χ4n) is 1.64. The van der Waals surface area contributed by atoms with E-state index in [-0.39, 0.29) is 0 Å². The van der Waals surface area contributed by atoms with Gasteiger partial charge in [-0.2, -0.15) is 0 Å². The molecule has 0 fully saturated rings. The number of sulfonamides is 1. The summed E-state index contributed by atoms with van der Waals surface area (Å²) in [6.07, 6.45) is 3.02. The highest BCUT2D eigenvalue weighted by molar-refractivity contribution is 7.89. The van der Waals surface area contributed by atoms with Crippen molar-refractivity contribution in [3.63, 3.8) is 0 Å². The van der Waals surface area contributed by atoms with Crippen LogP contribution < -0.4 is 0 Å². The van der Waals surface area contributed by atoms with E-state index in [2.05, 4.69) is 6.92 Å². The van der Waals surface area contributed by atoms with Crippen molar-refractivity contribution in [3.8, 4) is 0 Å². The highest BCUT2D eigenvalue weighted by Gasteiger charge is 2.19. The normalized spacial score (nSPS) is 12.0. The first-order valence-electron chi connectivity index (χ1n) is 6.13. The highest BCUT2D eigenvalue weighted by Crippen LogP contribution is 2.16. The molecule has 0 spiro atoms. The molecule has 0 aromatic heterocycles. The van der Waals surface area contributed by atoms with Crippen LogP contribution in [0.25, 0.3) is 0 Å². The van der Waals surface area contributed by atoms with Crippen molar-refractivity contribution in [2.75, 3.05) is 13.6 Å². The van der Waals surface area contributed by atoms with Crippen LogP contribution in [-0.2, 0) is 15.9 Å². The van der Waals surface area contributed by atoms with Crippen LogP contribution in [0.5, 0.6) is 0 Å². The average molecular weight is 290 g/mol. The van der Waals surface area contributed by atoms with Gasteiger partial charge in [0.05, 0.1) is 4.90 Å². The molecule has 0 unspecified atom stereocenters. The molecular formula is C13H20ClNO2S. The Bertz CT molecular complexity index is 456. The van der Waals surface area contributed by atoms with E-state index in [0.29, 0.717) is 17.3 Å². The fourth-order valence-corrected chi connectivity index (χ4v) is 3.02. The van der Waals surface area contributed by atoms with Gasteiger partial charge in [-0.25, -0.2) is 12.7 Å². The Labute approximate surface area is 115 Å². The Morgan fingerprint density at radius 2 is 1.78 bits per heavy atom. The third-order valence-electron chi connectivity index (χ3n) is 2.86. The first-order chi connectivity index (χ1) is 8.52. The zero-order chi connectivity index (χ0) is 13.6. The molecule has 0 atom stereocenters. The van der Waals surface area contributed by atoms with Crippen LogP contribution in [0.3, 0.4) is 0 Å². The van der Waals surface area contributed by atoms with E-state index in [1.807, 2.05) is 0 Å². The molecule has 102 valence electrons. The van der Waals surface area contributed by atoms with E-state index in [1.54, 1.807) is 31.3 Å². The third-order valence-corrected chi connectivity index (χ3v) is 5.04. The number of halogens is 1. The van der Waals surface area contributed by atoms with E-state index in [1.165, 1.54) is 4.31 Å². The van der Waals surface area contributed by atoms with Crippen LogP contribution in [-0.4, -0.2) is 26.3 Å². The van der Waals surface area contributed by atoms with Crippen LogP contribution in [0.1, 0.15) is 31.7 Å². The maximum Gasteiger partial charge on any atom is 0.242 e. The molecule has 0 aliphatic carbocycles. The van der Waals surface area contributed by atoms with Crippen LogP contribution in [0, 0.1) is 0 Å². The van der Waals surface area contributed by atoms with Gasteiger partial charge in [-0.3, -0.25) is 0 Å². The molecule has 1 aromatic rings. The van der Waals surface area contributed by atoms with Crippen molar-refractivity contribution in [2.24, 2.45) is 0 Å². The molecule has 0 saturated heterocycles. The fraction of sp³-hybridized carbons (Fsp3) is 0.538. The summed E-state index contributed by atoms with van der Waals surface area (Å²) in [5, 5.41) is 0. The number of hydrogen-bond donors (Lipinski definition) is 0. The van der Waals surface area contributed by atoms with E-state index >= 15 is 0 Å². The molecule has 1 aromatic carbocycles. The molecule has 0 aliphatic heterocycles. The average Bonchev–Trinajstić information content (AvgIpc) is 2.39. The van der Waals surface area contributed by atoms with Crippen molar-refractivity contribution < 1.29 is 8.42 Å². The standard InChI is InChI=1S/C13H20ClNO2S/c1-3-4-5-10-15(2)18(16,17)13-8-6-12(11-14)7-9-13/h6-9H,3-5,10-11H2,1-2H3. The first-order valence-corrected chi connectivity index (χ1v) is 8.11. The van der Waals surface area contributed by atoms with Gasteiger partial charge in [0.1, 0.15) is 0 Å². The van der Waals surface area contributed by atoms with Gasteiger partial charge in [-0.1, -0.05) is 31.9 Å². The number of hydrogen-bond acceptors (Lipinski definition) is 2. The quantitative estimate of drug-likeness (QED) is 0.571. The summed E-state index contributed by atoms with van der Waals surface area (Å²) in [5.41, 5.74) is 0.921. The molecule has 0 bridgehead atoms. The van der Waals surface area contributed by atoms with E-state index in [9.17, 15) is 8.42 Å². The van der Waals surface area contributed by atoms with Crippen molar-refractivity contribution in [1.82, 2.24) is 4.31 Å². The van der Waals surface area contributed by atoms with Crippen LogP contribution in [0.2, 0.25) is 0 Å². The second kappa shape index (κ2) is 7.12. The first kappa shape index (κ1) is 15.5. The lowest BCUT2D eigenvalue weighted by atomic mass is 10.2. The van der Waals surface area contributed by atoms with Gasteiger partial charge in [-0.05, 0) is 24.1 Å². The molecule has 0 saturated carbocycles. The van der Waals surface area contributed by atoms with E-state index in [0.717, 1.165) is 24.8 Å². The zero-order valence-electron chi connectivity index (χ0n) is 10.9. The van der Waals surface area contributed by atoms with Gasteiger partial charge in [0.25, 0.3) is 0 Å². The molecule has 1 rings (SSSR count). The molecule has 0 aliphatic rings. The van der Waals surface area contributed by atoms with Gasteiger partial charge in [0.2, 0.25) is 10.0 Å². The molecule has 0 amide bonds. The number of alkyl halides is 1. The highest BCUT2D eigenvalue weighted by atomic mass is 35.5. The van der Waals surface area contributed by atoms with Crippen LogP contribution >= 0.6 is 11.6 Å². The van der Waals surface area contributed by atoms with Crippen molar-refractivity contribution in [3.05, 3.63) is 29.8 Å². The van der Waals surface area contributed by atoms with E-state index in [4.69, 9.17) is 11.6 Å². The predicted molar refractivity (Wildman–Crippen MR) is 75.3 cm³/mol. The molecule has 5 heteroatoms. The lowest BCUT2D eigenvalue weighted by Gasteiger charge is -2.17. The SMILES string of the molecule is CCCCCN(C)S(=O)(=O)c1ccc(CCl)cc1. The Morgan fingerprint density at radius 1 is 1.17 bits per heavy atom. The maximum atomic E-state index is 12.2. The zero-order valence-corrected chi connectivity index (χ0v) is 12.5. The van der Waals surface area contributed by atoms with Gasteiger partial charge in [0.15, 0.2) is 0 Å². The minimum absolute atomic E-state index is 0.329. The Morgan fingerprint density at radius 3 is 2.28 bits per heavy atom. The molecule has 0 radical (unpaired) electrons. The lowest BCUT2D eigenvalue weighted by molar-refractivity contribution is 0.454. The smallest absolute Gasteiger partial charge is 0.207 e. The second-order valence-corrected chi connectivity index (χ2v) is 6.62. The molecular weight excluding hydrogens is 270 g/mol. The number of benzene rings is 1.